The number of fused-ring (bicyclic) bond motifs is 2. The maximum absolute atomic E-state index is 16.0. The number of hydrogen-bond acceptors (Lipinski definition) is 10. The molecular formula is C38H42F2N8O4. The zero-order chi connectivity index (χ0) is 35.8. The van der Waals surface area contributed by atoms with Gasteiger partial charge in [-0.1, -0.05) is 6.92 Å². The van der Waals surface area contributed by atoms with Crippen molar-refractivity contribution >= 4 is 33.2 Å². The molecule has 2 saturated carbocycles. The van der Waals surface area contributed by atoms with E-state index in [4.69, 9.17) is 9.15 Å². The van der Waals surface area contributed by atoms with Crippen LogP contribution >= 0.6 is 0 Å². The number of aromatic nitrogens is 4. The lowest BCUT2D eigenvalue weighted by Crippen LogP contribution is -2.49. The van der Waals surface area contributed by atoms with Gasteiger partial charge in [-0.05, 0) is 57.4 Å². The summed E-state index contributed by atoms with van der Waals surface area (Å²) in [4.78, 5) is 34.5. The molecule has 52 heavy (non-hydrogen) atoms. The maximum atomic E-state index is 16.0. The van der Waals surface area contributed by atoms with E-state index in [0.717, 1.165) is 45.3 Å². The molecule has 2 saturated heterocycles. The van der Waals surface area contributed by atoms with Crippen LogP contribution < -0.4 is 30.7 Å². The highest BCUT2D eigenvalue weighted by Gasteiger charge is 2.33. The number of ether oxygens (including phenoxy) is 1. The van der Waals surface area contributed by atoms with Gasteiger partial charge in [-0.25, -0.2) is 8.78 Å². The van der Waals surface area contributed by atoms with Crippen LogP contribution in [0.4, 0.5) is 20.2 Å². The first-order valence-corrected chi connectivity index (χ1v) is 18.4. The number of nitrogens with zero attached hydrogens (tertiary/aromatic N) is 7. The van der Waals surface area contributed by atoms with Gasteiger partial charge in [0.25, 0.3) is 11.8 Å². The van der Waals surface area contributed by atoms with Crippen molar-refractivity contribution in [1.29, 1.82) is 0 Å². The molecule has 0 spiro atoms. The van der Waals surface area contributed by atoms with Gasteiger partial charge in [0.1, 0.15) is 22.6 Å². The number of methoxy groups -OCH3 is 1. The van der Waals surface area contributed by atoms with E-state index < -0.39 is 22.5 Å². The van der Waals surface area contributed by atoms with Crippen LogP contribution in [0, 0.1) is 11.6 Å². The number of piperazine rings is 2. The number of pyridine rings is 2. The Kier molecular flexibility index (Phi) is 8.07. The van der Waals surface area contributed by atoms with Crippen molar-refractivity contribution < 1.29 is 17.9 Å². The molecule has 272 valence electrons. The largest absolute Gasteiger partial charge is 0.492 e. The van der Waals surface area contributed by atoms with Crippen molar-refractivity contribution in [3.8, 4) is 28.7 Å². The highest BCUT2D eigenvalue weighted by atomic mass is 19.1. The second kappa shape index (κ2) is 12.7. The molecule has 5 heterocycles. The fourth-order valence-corrected chi connectivity index (χ4v) is 8.01. The van der Waals surface area contributed by atoms with Gasteiger partial charge in [0.15, 0.2) is 11.6 Å². The molecule has 9 rings (SSSR count). The van der Waals surface area contributed by atoms with Gasteiger partial charge < -0.3 is 38.3 Å². The lowest BCUT2D eigenvalue weighted by atomic mass is 10.1. The summed E-state index contributed by atoms with van der Waals surface area (Å²) in [6, 6.07) is 4.81. The zero-order valence-electron chi connectivity index (χ0n) is 29.6. The second-order valence-corrected chi connectivity index (χ2v) is 14.6. The van der Waals surface area contributed by atoms with Gasteiger partial charge in [0.2, 0.25) is 10.9 Å². The van der Waals surface area contributed by atoms with E-state index in [-0.39, 0.29) is 51.8 Å². The minimum absolute atomic E-state index is 0.0686. The van der Waals surface area contributed by atoms with Crippen molar-refractivity contribution in [2.75, 3.05) is 69.3 Å². The first kappa shape index (κ1) is 33.0. The fraction of sp³-hybridized carbons (Fsp3) is 0.474. The van der Waals surface area contributed by atoms with Crippen LogP contribution in [0.15, 0.2) is 44.6 Å². The summed E-state index contributed by atoms with van der Waals surface area (Å²) in [7, 11) is 1.50. The fourth-order valence-electron chi connectivity index (χ4n) is 8.01. The third-order valence-electron chi connectivity index (χ3n) is 11.1. The molecule has 14 heteroatoms. The van der Waals surface area contributed by atoms with Crippen LogP contribution in [0.3, 0.4) is 0 Å². The molecule has 2 aromatic carbocycles. The van der Waals surface area contributed by atoms with Gasteiger partial charge >= 0.3 is 0 Å². The summed E-state index contributed by atoms with van der Waals surface area (Å²) < 4.78 is 47.7. The smallest absolute Gasteiger partial charge is 0.253 e. The molecule has 12 nitrogen and oxygen atoms in total. The summed E-state index contributed by atoms with van der Waals surface area (Å²) in [6.07, 6.45) is 7.04. The Labute approximate surface area is 298 Å². The number of nitrogens with one attached hydrogen (secondary N) is 1. The average molecular weight is 713 g/mol. The van der Waals surface area contributed by atoms with Crippen molar-refractivity contribution in [2.45, 2.75) is 57.7 Å². The Bertz CT molecular complexity index is 2340. The highest BCUT2D eigenvalue weighted by molar-refractivity contribution is 5.94. The van der Waals surface area contributed by atoms with E-state index in [1.54, 1.807) is 18.5 Å². The van der Waals surface area contributed by atoms with Crippen molar-refractivity contribution in [3.05, 3.63) is 62.7 Å². The quantitative estimate of drug-likeness (QED) is 0.238. The molecule has 5 aromatic rings. The second-order valence-electron chi connectivity index (χ2n) is 14.6. The number of hydrogen-bond donors (Lipinski definition) is 1. The third-order valence-corrected chi connectivity index (χ3v) is 11.1. The van der Waals surface area contributed by atoms with Crippen LogP contribution in [0.25, 0.3) is 44.7 Å². The lowest BCUT2D eigenvalue weighted by molar-refractivity contribution is 0.270. The SMILES string of the molecule is CCN1CCN(c2cc3c(cc2F)c(=O)c(-c2nnc(-c4cn(C5CC5)c5c(OC)c(N6CCNC(C)C6)c(F)cc5c4=O)o2)cn3C2CC2)CC1. The maximum Gasteiger partial charge on any atom is 0.253 e. The van der Waals surface area contributed by atoms with E-state index in [1.165, 1.54) is 19.2 Å². The van der Waals surface area contributed by atoms with Gasteiger partial charge in [-0.3, -0.25) is 9.59 Å². The monoisotopic (exact) mass is 712 g/mol. The van der Waals surface area contributed by atoms with Gasteiger partial charge in [-0.2, -0.15) is 0 Å². The van der Waals surface area contributed by atoms with Crippen molar-refractivity contribution in [3.63, 3.8) is 0 Å². The summed E-state index contributed by atoms with van der Waals surface area (Å²) >= 11 is 0. The molecule has 0 amide bonds. The number of benzene rings is 2. The Hall–Kier alpha value is -4.82. The van der Waals surface area contributed by atoms with E-state index >= 15 is 8.78 Å². The minimum Gasteiger partial charge on any atom is -0.492 e. The van der Waals surface area contributed by atoms with Crippen LogP contribution in [0.1, 0.15) is 51.6 Å². The Morgan fingerprint density at radius 1 is 0.846 bits per heavy atom. The lowest BCUT2D eigenvalue weighted by Gasteiger charge is -2.35. The molecule has 3 aromatic heterocycles. The molecule has 2 aliphatic carbocycles. The van der Waals surface area contributed by atoms with Gasteiger partial charge in [0.05, 0.1) is 29.2 Å². The van der Waals surface area contributed by atoms with E-state index in [1.807, 2.05) is 25.9 Å². The van der Waals surface area contributed by atoms with Gasteiger partial charge in [-0.15, -0.1) is 10.2 Å². The van der Waals surface area contributed by atoms with Crippen LogP contribution in [-0.2, 0) is 0 Å². The molecule has 4 aliphatic rings. The molecule has 1 atom stereocenters. The number of halogens is 2. The normalized spacial score (nSPS) is 20.0. The average Bonchev–Trinajstić information content (AvgIpc) is 4.10. The first-order chi connectivity index (χ1) is 25.2. The summed E-state index contributed by atoms with van der Waals surface area (Å²) in [5.41, 5.74) is 1.35. The summed E-state index contributed by atoms with van der Waals surface area (Å²) in [6.45, 7) is 10.1. The van der Waals surface area contributed by atoms with Crippen LogP contribution in [-0.4, -0.2) is 89.7 Å². The molecule has 2 aliphatic heterocycles. The number of likely N-dealkylation sites (N-methyl/N-ethyl adjacent to an activating group) is 1. The van der Waals surface area contributed by atoms with E-state index in [2.05, 4.69) is 27.3 Å². The Balaban J connectivity index is 1.14. The predicted octanol–water partition coefficient (Wildman–Crippen LogP) is 4.93. The number of anilines is 2. The Morgan fingerprint density at radius 2 is 1.48 bits per heavy atom. The number of rotatable bonds is 8. The van der Waals surface area contributed by atoms with E-state index in [0.29, 0.717) is 60.9 Å². The summed E-state index contributed by atoms with van der Waals surface area (Å²) in [5, 5.41) is 12.2. The van der Waals surface area contributed by atoms with Gasteiger partial charge in [0, 0.05) is 81.7 Å². The highest BCUT2D eigenvalue weighted by Crippen LogP contribution is 2.45. The molecule has 0 bridgehead atoms. The van der Waals surface area contributed by atoms with Crippen molar-refractivity contribution in [2.24, 2.45) is 0 Å². The molecule has 1 unspecified atom stereocenters. The third kappa shape index (κ3) is 5.54. The zero-order valence-corrected chi connectivity index (χ0v) is 29.6. The minimum atomic E-state index is -0.545. The molecule has 1 N–H and O–H groups in total. The van der Waals surface area contributed by atoms with Crippen LogP contribution in [0.2, 0.25) is 0 Å². The predicted molar refractivity (Wildman–Crippen MR) is 196 cm³/mol. The van der Waals surface area contributed by atoms with Crippen LogP contribution in [0.5, 0.6) is 5.75 Å². The molecular weight excluding hydrogens is 670 g/mol. The summed E-state index contributed by atoms with van der Waals surface area (Å²) in [5.74, 6) is -0.825. The molecule has 4 fully saturated rings. The van der Waals surface area contributed by atoms with Crippen molar-refractivity contribution in [1.82, 2.24) is 29.5 Å². The first-order valence-electron chi connectivity index (χ1n) is 18.4. The van der Waals surface area contributed by atoms with E-state index in [9.17, 15) is 9.59 Å². The molecule has 0 radical (unpaired) electrons. The Morgan fingerprint density at radius 3 is 2.12 bits per heavy atom. The standard InChI is InChI=1S/C38H42F2N8O4/c1-4-44-11-13-45(14-12-44)31-17-30-24(15-28(31)39)34(49)26(19-47(30)22-5-6-22)37-42-43-38(52-37)27-20-48(23-7-8-23)32-25(35(27)50)16-29(40)33(36(32)51-3)46-10-9-41-21(2)18-46/h15-17,19-23,41H,4-14,18H2,1-3H3. The topological polar surface area (TPSA) is 114 Å².